The molecular formula is C23H25N3O5S. The molecule has 4 rings (SSSR count). The lowest BCUT2D eigenvalue weighted by atomic mass is 10.1. The Labute approximate surface area is 186 Å². The predicted octanol–water partition coefficient (Wildman–Crippen LogP) is 2.80. The van der Waals surface area contributed by atoms with Crippen molar-refractivity contribution in [3.63, 3.8) is 0 Å². The average molecular weight is 456 g/mol. The molecule has 0 spiro atoms. The van der Waals surface area contributed by atoms with Gasteiger partial charge in [-0.1, -0.05) is 19.1 Å². The first-order valence-electron chi connectivity index (χ1n) is 10.5. The maximum absolute atomic E-state index is 12.9. The standard InChI is InChI=1S/C23H25N3O5S/c1-2-15-5-7-16(8-6-15)26-32(29,30)18-9-10-21-19(12-18)22(27)20(14-24-21)23(28)25-13-17-4-3-11-31-17/h5-10,12,14,17,26H,2-4,11,13H2,1H3,(H,24,27)(H,25,28)/t17-/m1/s1. The van der Waals surface area contributed by atoms with Crippen molar-refractivity contribution >= 4 is 32.5 Å². The fraction of sp³-hybridized carbons (Fsp3) is 0.304. The van der Waals surface area contributed by atoms with Gasteiger partial charge in [-0.2, -0.15) is 0 Å². The average Bonchev–Trinajstić information content (AvgIpc) is 3.31. The molecule has 0 unspecified atom stereocenters. The van der Waals surface area contributed by atoms with Gasteiger partial charge in [0.25, 0.3) is 15.9 Å². The number of fused-ring (bicyclic) bond motifs is 1. The van der Waals surface area contributed by atoms with E-state index in [0.717, 1.165) is 24.8 Å². The summed E-state index contributed by atoms with van der Waals surface area (Å²) in [4.78, 5) is 28.3. The number of amides is 1. The number of carbonyl (C=O) groups excluding carboxylic acids is 1. The Balaban J connectivity index is 1.59. The number of pyridine rings is 1. The number of rotatable bonds is 7. The zero-order chi connectivity index (χ0) is 22.7. The Morgan fingerprint density at radius 3 is 2.66 bits per heavy atom. The zero-order valence-corrected chi connectivity index (χ0v) is 18.5. The number of sulfonamides is 1. The maximum atomic E-state index is 12.9. The lowest BCUT2D eigenvalue weighted by Gasteiger charge is -2.11. The lowest BCUT2D eigenvalue weighted by molar-refractivity contribution is 0.0857. The van der Waals surface area contributed by atoms with Crippen LogP contribution in [0.25, 0.3) is 10.9 Å². The van der Waals surface area contributed by atoms with Crippen molar-refractivity contribution in [1.29, 1.82) is 0 Å². The lowest BCUT2D eigenvalue weighted by Crippen LogP contribution is -2.34. The molecule has 0 aliphatic carbocycles. The molecule has 32 heavy (non-hydrogen) atoms. The Bertz CT molecular complexity index is 1290. The van der Waals surface area contributed by atoms with E-state index in [0.29, 0.717) is 24.4 Å². The van der Waals surface area contributed by atoms with Gasteiger partial charge < -0.3 is 15.0 Å². The first-order chi connectivity index (χ1) is 15.4. The van der Waals surface area contributed by atoms with Crippen molar-refractivity contribution < 1.29 is 17.9 Å². The van der Waals surface area contributed by atoms with Crippen molar-refractivity contribution in [1.82, 2.24) is 10.3 Å². The number of benzene rings is 2. The molecule has 0 radical (unpaired) electrons. The van der Waals surface area contributed by atoms with Crippen LogP contribution in [0.1, 0.15) is 35.7 Å². The summed E-state index contributed by atoms with van der Waals surface area (Å²) in [7, 11) is -3.92. The van der Waals surface area contributed by atoms with E-state index in [-0.39, 0.29) is 21.9 Å². The van der Waals surface area contributed by atoms with Gasteiger partial charge in [0.15, 0.2) is 0 Å². The molecule has 8 nitrogen and oxygen atoms in total. The van der Waals surface area contributed by atoms with E-state index in [1.807, 2.05) is 19.1 Å². The number of aryl methyl sites for hydroxylation is 1. The van der Waals surface area contributed by atoms with E-state index in [2.05, 4.69) is 15.0 Å². The highest BCUT2D eigenvalue weighted by Crippen LogP contribution is 2.20. The molecule has 168 valence electrons. The molecule has 1 aliphatic heterocycles. The molecule has 1 aliphatic rings. The first-order valence-corrected chi connectivity index (χ1v) is 12.0. The molecule has 2 heterocycles. The summed E-state index contributed by atoms with van der Waals surface area (Å²) in [5.74, 6) is -0.522. The molecule has 2 aromatic carbocycles. The van der Waals surface area contributed by atoms with E-state index >= 15 is 0 Å². The minimum atomic E-state index is -3.92. The topological polar surface area (TPSA) is 117 Å². The molecule has 3 aromatic rings. The molecule has 3 N–H and O–H groups in total. The van der Waals surface area contributed by atoms with Crippen LogP contribution >= 0.6 is 0 Å². The van der Waals surface area contributed by atoms with Gasteiger partial charge in [-0.25, -0.2) is 8.42 Å². The monoisotopic (exact) mass is 455 g/mol. The molecule has 1 amide bonds. The van der Waals surface area contributed by atoms with E-state index in [9.17, 15) is 18.0 Å². The highest BCUT2D eigenvalue weighted by atomic mass is 32.2. The summed E-state index contributed by atoms with van der Waals surface area (Å²) in [5, 5.41) is 2.84. The Morgan fingerprint density at radius 2 is 1.97 bits per heavy atom. The highest BCUT2D eigenvalue weighted by molar-refractivity contribution is 7.92. The highest BCUT2D eigenvalue weighted by Gasteiger charge is 2.20. The number of H-pyrrole nitrogens is 1. The summed E-state index contributed by atoms with van der Waals surface area (Å²) < 4.78 is 33.7. The third kappa shape index (κ3) is 4.68. The minimum absolute atomic E-state index is 0.0484. The molecule has 1 aromatic heterocycles. The minimum Gasteiger partial charge on any atom is -0.376 e. The van der Waals surface area contributed by atoms with Crippen LogP contribution in [-0.2, 0) is 21.2 Å². The molecule has 0 bridgehead atoms. The fourth-order valence-corrected chi connectivity index (χ4v) is 4.75. The molecule has 9 heteroatoms. The summed E-state index contributed by atoms with van der Waals surface area (Å²) in [6.07, 6.45) is 3.96. The van der Waals surface area contributed by atoms with Gasteiger partial charge in [0, 0.05) is 35.9 Å². The van der Waals surface area contributed by atoms with Crippen LogP contribution in [0.5, 0.6) is 0 Å². The van der Waals surface area contributed by atoms with Crippen molar-refractivity contribution in [2.24, 2.45) is 0 Å². The predicted molar refractivity (Wildman–Crippen MR) is 123 cm³/mol. The number of ether oxygens (including phenoxy) is 1. The third-order valence-electron chi connectivity index (χ3n) is 5.54. The Morgan fingerprint density at radius 1 is 1.19 bits per heavy atom. The summed E-state index contributed by atoms with van der Waals surface area (Å²) >= 11 is 0. The first kappa shape index (κ1) is 22.0. The number of aromatic nitrogens is 1. The van der Waals surface area contributed by atoms with Crippen LogP contribution < -0.4 is 15.5 Å². The largest absolute Gasteiger partial charge is 0.376 e. The second-order valence-corrected chi connectivity index (χ2v) is 9.42. The fourth-order valence-electron chi connectivity index (χ4n) is 3.66. The van der Waals surface area contributed by atoms with Crippen LogP contribution in [-0.4, -0.2) is 38.6 Å². The van der Waals surface area contributed by atoms with Crippen molar-refractivity contribution in [2.75, 3.05) is 17.9 Å². The van der Waals surface area contributed by atoms with Crippen molar-refractivity contribution in [2.45, 2.75) is 37.2 Å². The summed E-state index contributed by atoms with van der Waals surface area (Å²) in [5.41, 5.74) is 1.35. The van der Waals surface area contributed by atoms with Crippen molar-refractivity contribution in [3.8, 4) is 0 Å². The molecule has 1 atom stereocenters. The van der Waals surface area contributed by atoms with Gasteiger partial charge in [-0.15, -0.1) is 0 Å². The second-order valence-electron chi connectivity index (χ2n) is 7.74. The summed E-state index contributed by atoms with van der Waals surface area (Å²) in [6, 6.07) is 11.3. The molecule has 0 saturated carbocycles. The molecule has 1 fully saturated rings. The van der Waals surface area contributed by atoms with E-state index < -0.39 is 21.4 Å². The number of nitrogens with one attached hydrogen (secondary N) is 3. The maximum Gasteiger partial charge on any atom is 0.261 e. The molecular weight excluding hydrogens is 430 g/mol. The number of aromatic amines is 1. The van der Waals surface area contributed by atoms with Gasteiger partial charge in [-0.05, 0) is 55.2 Å². The van der Waals surface area contributed by atoms with Gasteiger partial charge in [0.1, 0.15) is 5.56 Å². The van der Waals surface area contributed by atoms with Crippen LogP contribution in [0.4, 0.5) is 5.69 Å². The smallest absolute Gasteiger partial charge is 0.261 e. The molecule has 1 saturated heterocycles. The SMILES string of the molecule is CCc1ccc(NS(=O)(=O)c2ccc3[nH]cc(C(=O)NC[C@H]4CCCO4)c(=O)c3c2)cc1. The van der Waals surface area contributed by atoms with Gasteiger partial charge in [0.2, 0.25) is 5.43 Å². The summed E-state index contributed by atoms with van der Waals surface area (Å²) in [6.45, 7) is 3.01. The second kappa shape index (κ2) is 9.13. The third-order valence-corrected chi connectivity index (χ3v) is 6.91. The van der Waals surface area contributed by atoms with Gasteiger partial charge >= 0.3 is 0 Å². The number of carbonyl (C=O) groups is 1. The van der Waals surface area contributed by atoms with E-state index in [1.165, 1.54) is 24.4 Å². The quantitative estimate of drug-likeness (QED) is 0.506. The van der Waals surface area contributed by atoms with Crippen LogP contribution in [0, 0.1) is 0 Å². The Hall–Kier alpha value is -3.17. The zero-order valence-electron chi connectivity index (χ0n) is 17.7. The van der Waals surface area contributed by atoms with Gasteiger partial charge in [0.05, 0.1) is 11.0 Å². The van der Waals surface area contributed by atoms with Gasteiger partial charge in [-0.3, -0.25) is 14.3 Å². The Kier molecular flexibility index (Phi) is 6.29. The van der Waals surface area contributed by atoms with Crippen molar-refractivity contribution in [3.05, 3.63) is 70.0 Å². The van der Waals surface area contributed by atoms with Crippen LogP contribution in [0.3, 0.4) is 0 Å². The van der Waals surface area contributed by atoms with E-state index in [1.54, 1.807) is 12.1 Å². The van der Waals surface area contributed by atoms with Crippen LogP contribution in [0.2, 0.25) is 0 Å². The van der Waals surface area contributed by atoms with E-state index in [4.69, 9.17) is 4.74 Å². The number of hydrogen-bond acceptors (Lipinski definition) is 5. The number of anilines is 1. The van der Waals surface area contributed by atoms with Crippen LogP contribution in [0.15, 0.2) is 58.4 Å². The number of hydrogen-bond donors (Lipinski definition) is 3. The normalized spacial score (nSPS) is 16.2.